The molecule has 0 N–H and O–H groups in total. The zero-order chi connectivity index (χ0) is 20.7. The average Bonchev–Trinajstić information content (AvgIpc) is 3.08. The van der Waals surface area contributed by atoms with Crippen molar-refractivity contribution in [3.8, 4) is 11.5 Å². The second-order valence-corrected chi connectivity index (χ2v) is 7.88. The molecule has 0 amide bonds. The lowest BCUT2D eigenvalue weighted by Crippen LogP contribution is -2.32. The topological polar surface area (TPSA) is 51.7 Å². The van der Waals surface area contributed by atoms with Gasteiger partial charge in [0.15, 0.2) is 5.76 Å². The number of aryl methyl sites for hydroxylation is 1. The van der Waals surface area contributed by atoms with E-state index in [1.165, 1.54) is 0 Å². The number of rotatable bonds is 3. The summed E-state index contributed by atoms with van der Waals surface area (Å²) in [5.74, 6) is 1.57. The summed E-state index contributed by atoms with van der Waals surface area (Å²) in [4.78, 5) is 19.6. The fourth-order valence-electron chi connectivity index (χ4n) is 3.81. The van der Waals surface area contributed by atoms with Gasteiger partial charge in [-0.25, -0.2) is 0 Å². The Bertz CT molecular complexity index is 1160. The Morgan fingerprint density at radius 2 is 2.03 bits per heavy atom. The van der Waals surface area contributed by atoms with E-state index in [4.69, 9.17) is 21.1 Å². The van der Waals surface area contributed by atoms with Gasteiger partial charge in [-0.05, 0) is 54.5 Å². The molecule has 0 aliphatic carbocycles. The van der Waals surface area contributed by atoms with Crippen LogP contribution in [0, 0.1) is 6.92 Å². The van der Waals surface area contributed by atoms with Crippen LogP contribution in [0.15, 0.2) is 60.5 Å². The molecule has 5 rings (SSSR count). The zero-order valence-electron chi connectivity index (χ0n) is 16.4. The van der Waals surface area contributed by atoms with Crippen LogP contribution in [0.5, 0.6) is 11.5 Å². The standard InChI is InChI=1S/C24H19ClN2O3/c1-15-10-20-19(13-27(14-29-20)12-18-4-2-3-9-26-18)24-22(15)23(28)21(30-24)11-16-5-7-17(25)8-6-16/h2-11H,12-14H2,1H3/b21-11-. The van der Waals surface area contributed by atoms with E-state index in [9.17, 15) is 4.79 Å². The Morgan fingerprint density at radius 3 is 2.80 bits per heavy atom. The van der Waals surface area contributed by atoms with Crippen LogP contribution < -0.4 is 9.47 Å². The smallest absolute Gasteiger partial charge is 0.232 e. The maximum absolute atomic E-state index is 13.1. The first-order valence-electron chi connectivity index (χ1n) is 9.70. The number of carbonyl (C=O) groups is 1. The van der Waals surface area contributed by atoms with Crippen LogP contribution in [-0.2, 0) is 13.1 Å². The highest BCUT2D eigenvalue weighted by molar-refractivity contribution is 6.30. The van der Waals surface area contributed by atoms with Gasteiger partial charge in [0, 0.05) is 24.3 Å². The number of Topliss-reactive ketones (excluding diaryl/α,β-unsaturated/α-hetero) is 1. The molecule has 3 heterocycles. The lowest BCUT2D eigenvalue weighted by Gasteiger charge is -2.29. The van der Waals surface area contributed by atoms with Crippen molar-refractivity contribution in [3.05, 3.63) is 93.5 Å². The van der Waals surface area contributed by atoms with Crippen molar-refractivity contribution in [3.63, 3.8) is 0 Å². The molecule has 3 aromatic rings. The van der Waals surface area contributed by atoms with Crippen LogP contribution in [0.25, 0.3) is 6.08 Å². The van der Waals surface area contributed by atoms with Crippen LogP contribution in [0.4, 0.5) is 0 Å². The van der Waals surface area contributed by atoms with Gasteiger partial charge in [-0.15, -0.1) is 0 Å². The van der Waals surface area contributed by atoms with E-state index in [0.29, 0.717) is 41.9 Å². The quantitative estimate of drug-likeness (QED) is 0.559. The molecule has 0 spiro atoms. The average molecular weight is 419 g/mol. The molecule has 5 nitrogen and oxygen atoms in total. The molecule has 0 bridgehead atoms. The van der Waals surface area contributed by atoms with Crippen molar-refractivity contribution in [2.75, 3.05) is 6.73 Å². The predicted octanol–water partition coefficient (Wildman–Crippen LogP) is 5.01. The van der Waals surface area contributed by atoms with Crippen molar-refractivity contribution < 1.29 is 14.3 Å². The van der Waals surface area contributed by atoms with E-state index in [1.54, 1.807) is 24.4 Å². The van der Waals surface area contributed by atoms with Crippen molar-refractivity contribution in [1.29, 1.82) is 0 Å². The summed E-state index contributed by atoms with van der Waals surface area (Å²) in [6, 6.07) is 15.1. The number of hydrogen-bond acceptors (Lipinski definition) is 5. The molecule has 0 unspecified atom stereocenters. The molecule has 2 aromatic carbocycles. The van der Waals surface area contributed by atoms with Crippen molar-refractivity contribution in [2.45, 2.75) is 20.0 Å². The fourth-order valence-corrected chi connectivity index (χ4v) is 3.93. The van der Waals surface area contributed by atoms with E-state index < -0.39 is 0 Å². The van der Waals surface area contributed by atoms with Crippen LogP contribution >= 0.6 is 11.6 Å². The Morgan fingerprint density at radius 1 is 1.20 bits per heavy atom. The van der Waals surface area contributed by atoms with Gasteiger partial charge >= 0.3 is 0 Å². The summed E-state index contributed by atoms with van der Waals surface area (Å²) in [5.41, 5.74) is 4.18. The number of ether oxygens (including phenoxy) is 2. The molecule has 2 aliphatic heterocycles. The number of pyridine rings is 1. The SMILES string of the molecule is Cc1cc2c(c3c1C(=O)/C(=C/c1ccc(Cl)cc1)O3)CN(Cc1ccccn1)CO2. The Kier molecular flexibility index (Phi) is 4.77. The minimum Gasteiger partial charge on any atom is -0.478 e. The van der Waals surface area contributed by atoms with Gasteiger partial charge in [-0.2, -0.15) is 0 Å². The van der Waals surface area contributed by atoms with Gasteiger partial charge in [-0.3, -0.25) is 14.7 Å². The molecule has 2 aliphatic rings. The van der Waals surface area contributed by atoms with E-state index in [2.05, 4.69) is 9.88 Å². The van der Waals surface area contributed by atoms with Gasteiger partial charge in [0.1, 0.15) is 18.2 Å². The van der Waals surface area contributed by atoms with Gasteiger partial charge in [-0.1, -0.05) is 29.8 Å². The highest BCUT2D eigenvalue weighted by Crippen LogP contribution is 2.44. The molecular weight excluding hydrogens is 400 g/mol. The third-order valence-corrected chi connectivity index (χ3v) is 5.52. The monoisotopic (exact) mass is 418 g/mol. The normalized spacial score (nSPS) is 16.7. The molecule has 0 saturated heterocycles. The second kappa shape index (κ2) is 7.59. The van der Waals surface area contributed by atoms with Gasteiger partial charge in [0.25, 0.3) is 0 Å². The Balaban J connectivity index is 1.47. The largest absolute Gasteiger partial charge is 0.478 e. The first kappa shape index (κ1) is 18.9. The number of fused-ring (bicyclic) bond motifs is 3. The number of aromatic nitrogens is 1. The maximum Gasteiger partial charge on any atom is 0.232 e. The highest BCUT2D eigenvalue weighted by atomic mass is 35.5. The van der Waals surface area contributed by atoms with Crippen LogP contribution in [-0.4, -0.2) is 22.4 Å². The van der Waals surface area contributed by atoms with E-state index in [0.717, 1.165) is 28.1 Å². The molecule has 30 heavy (non-hydrogen) atoms. The van der Waals surface area contributed by atoms with Gasteiger partial charge < -0.3 is 9.47 Å². The van der Waals surface area contributed by atoms with Crippen molar-refractivity contribution >= 4 is 23.5 Å². The number of hydrogen-bond donors (Lipinski definition) is 0. The van der Waals surface area contributed by atoms with Crippen molar-refractivity contribution in [1.82, 2.24) is 9.88 Å². The predicted molar refractivity (Wildman–Crippen MR) is 115 cm³/mol. The summed E-state index contributed by atoms with van der Waals surface area (Å²) in [6.45, 7) is 3.65. The molecule has 0 fully saturated rings. The van der Waals surface area contributed by atoms with Gasteiger partial charge in [0.05, 0.1) is 16.8 Å². The Labute approximate surface area is 179 Å². The number of benzene rings is 2. The Hall–Kier alpha value is -3.15. The highest BCUT2D eigenvalue weighted by Gasteiger charge is 2.35. The summed E-state index contributed by atoms with van der Waals surface area (Å²) in [7, 11) is 0. The number of carbonyl (C=O) groups excluding carboxylic acids is 1. The summed E-state index contributed by atoms with van der Waals surface area (Å²) < 4.78 is 12.1. The summed E-state index contributed by atoms with van der Waals surface area (Å²) in [5, 5.41) is 0.647. The van der Waals surface area contributed by atoms with E-state index >= 15 is 0 Å². The van der Waals surface area contributed by atoms with Crippen molar-refractivity contribution in [2.24, 2.45) is 0 Å². The van der Waals surface area contributed by atoms with E-state index in [1.807, 2.05) is 43.3 Å². The molecule has 150 valence electrons. The molecule has 6 heteroatoms. The van der Waals surface area contributed by atoms with Gasteiger partial charge in [0.2, 0.25) is 5.78 Å². The number of allylic oxidation sites excluding steroid dienone is 1. The molecule has 0 atom stereocenters. The first-order valence-corrected chi connectivity index (χ1v) is 10.1. The van der Waals surface area contributed by atoms with Crippen LogP contribution in [0.2, 0.25) is 5.02 Å². The summed E-state index contributed by atoms with van der Waals surface area (Å²) >= 11 is 5.96. The number of nitrogens with zero attached hydrogens (tertiary/aromatic N) is 2. The second-order valence-electron chi connectivity index (χ2n) is 7.45. The molecule has 0 radical (unpaired) electrons. The lowest BCUT2D eigenvalue weighted by atomic mass is 9.98. The van der Waals surface area contributed by atoms with Crippen LogP contribution in [0.1, 0.15) is 32.7 Å². The third-order valence-electron chi connectivity index (χ3n) is 5.27. The van der Waals surface area contributed by atoms with Crippen LogP contribution in [0.3, 0.4) is 0 Å². The molecular formula is C24H19ClN2O3. The fraction of sp³-hybridized carbons (Fsp3) is 0.167. The minimum absolute atomic E-state index is 0.109. The lowest BCUT2D eigenvalue weighted by molar-refractivity contribution is 0.0861. The number of ketones is 1. The minimum atomic E-state index is -0.109. The summed E-state index contributed by atoms with van der Waals surface area (Å²) in [6.07, 6.45) is 3.53. The maximum atomic E-state index is 13.1. The number of halogens is 1. The molecule has 1 aromatic heterocycles. The van der Waals surface area contributed by atoms with E-state index in [-0.39, 0.29) is 5.78 Å². The zero-order valence-corrected chi connectivity index (χ0v) is 17.1. The first-order chi connectivity index (χ1) is 14.6. The third kappa shape index (κ3) is 3.47. The molecule has 0 saturated carbocycles.